The minimum Gasteiger partial charge on any atom is -0.480 e. The molecule has 0 aliphatic heterocycles. The fourth-order valence-corrected chi connectivity index (χ4v) is 6.83. The quantitative estimate of drug-likeness (QED) is 0.0164. The number of nitrogens with two attached hydrogens (primary N) is 5. The van der Waals surface area contributed by atoms with Gasteiger partial charge in [-0.25, -0.2) is 0 Å². The molecule has 10 atom stereocenters. The van der Waals surface area contributed by atoms with Crippen molar-refractivity contribution in [3.05, 3.63) is 0 Å². The number of nitrogens with zero attached hydrogens (tertiary/aromatic N) is 1. The molecule has 0 radical (unpaired) electrons. The van der Waals surface area contributed by atoms with Crippen LogP contribution in [0, 0.1) is 17.8 Å². The number of amides is 10. The lowest BCUT2D eigenvalue weighted by Gasteiger charge is -2.28. The lowest BCUT2D eigenvalue weighted by molar-refractivity contribution is -0.142. The molecule has 0 spiro atoms. The van der Waals surface area contributed by atoms with E-state index < -0.39 is 138 Å². The van der Waals surface area contributed by atoms with Crippen molar-refractivity contribution in [2.24, 2.45) is 51.4 Å². The Bertz CT molecular complexity index is 1910. The SMILES string of the molecule is CC(C)C[C@H](NC(=O)[C@H](C)NC(=O)[C@@H](N)CCCCN)C(=O)N[C@@H](C)C(=O)N[C@@H](CCCN=C(N)N)C(=O)N[C@@H](CCC(N)=O)C(=O)N[C@@H](CC(C)C)C(=O)N[C@@H](C)C(=O)N[C@H](C(=O)N[C@@H](C)C(=O)O)C(C)C. The molecule has 0 heterocycles. The number of carbonyl (C=O) groups is 11. The highest BCUT2D eigenvalue weighted by Crippen LogP contribution is 2.11. The van der Waals surface area contributed by atoms with E-state index in [0.717, 1.165) is 0 Å². The van der Waals surface area contributed by atoms with Crippen molar-refractivity contribution >= 4 is 71.0 Å². The highest BCUT2D eigenvalue weighted by atomic mass is 16.4. The number of aliphatic carboxylic acids is 1. The molecule has 0 unspecified atom stereocenters. The number of hydrogen-bond acceptors (Lipinski definition) is 14. The zero-order valence-corrected chi connectivity index (χ0v) is 44.1. The minimum absolute atomic E-state index is 0.0211. The van der Waals surface area contributed by atoms with Gasteiger partial charge in [-0.15, -0.1) is 0 Å². The lowest BCUT2D eigenvalue weighted by atomic mass is 10.0. The van der Waals surface area contributed by atoms with E-state index in [1.807, 2.05) is 0 Å². The van der Waals surface area contributed by atoms with E-state index in [2.05, 4.69) is 52.8 Å². The number of guanidine groups is 1. The summed E-state index contributed by atoms with van der Waals surface area (Å²) in [6, 6.07) is -12.3. The number of carbonyl (C=O) groups excluding carboxylic acids is 10. The van der Waals surface area contributed by atoms with Crippen LogP contribution in [0.25, 0.3) is 0 Å². The summed E-state index contributed by atoms with van der Waals surface area (Å²) in [6.07, 6.45) is 1.07. The summed E-state index contributed by atoms with van der Waals surface area (Å²) in [6.45, 7) is 16.2. The predicted molar refractivity (Wildman–Crippen MR) is 271 cm³/mol. The molecule has 73 heavy (non-hydrogen) atoms. The van der Waals surface area contributed by atoms with Crippen molar-refractivity contribution in [3.8, 4) is 0 Å². The molecule has 0 aromatic rings. The van der Waals surface area contributed by atoms with E-state index in [9.17, 15) is 57.8 Å². The van der Waals surface area contributed by atoms with Crippen LogP contribution in [0.5, 0.6) is 0 Å². The Kier molecular flexibility index (Phi) is 30.8. The first-order valence-corrected chi connectivity index (χ1v) is 24.7. The monoisotopic (exact) mass is 1040 g/mol. The molecule has 10 amide bonds. The standard InChI is InChI=1S/C46H85N15O12/c1-22(2)20-32(59-37(64)25(7)53-39(66)29(48)14-11-12-18-47)42(69)54-26(8)36(63)57-30(15-13-19-52-46(50)51)40(67)58-31(16-17-34(49)62)41(68)60-33(21-23(3)4)43(70)55-27(9)38(65)61-35(24(5)6)44(71)56-28(10)45(72)73/h22-33,35H,11-21,47-48H2,1-10H3,(H2,49,62)(H,53,66)(H,54,69)(H,55,70)(H,56,71)(H,57,63)(H,58,67)(H,59,64)(H,60,68)(H,61,65)(H,72,73)(H4,50,51,52)/t25-,26-,27-,28-,29-,30-,31-,32-,33-,35-/m0/s1. The van der Waals surface area contributed by atoms with Crippen LogP contribution >= 0.6 is 0 Å². The first-order valence-electron chi connectivity index (χ1n) is 24.7. The average Bonchev–Trinajstić information content (AvgIpc) is 3.28. The molecule has 0 bridgehead atoms. The summed E-state index contributed by atoms with van der Waals surface area (Å²) >= 11 is 0. The van der Waals surface area contributed by atoms with Gasteiger partial charge in [-0.05, 0) is 96.9 Å². The Labute approximate surface area is 427 Å². The van der Waals surface area contributed by atoms with Crippen molar-refractivity contribution in [2.75, 3.05) is 13.1 Å². The van der Waals surface area contributed by atoms with Crippen LogP contribution < -0.4 is 76.5 Å². The molecule has 0 aliphatic rings. The maximum absolute atomic E-state index is 14.0. The van der Waals surface area contributed by atoms with Gasteiger partial charge in [-0.2, -0.15) is 0 Å². The van der Waals surface area contributed by atoms with Gasteiger partial charge in [0, 0.05) is 13.0 Å². The highest BCUT2D eigenvalue weighted by molar-refractivity contribution is 5.98. The third-order valence-electron chi connectivity index (χ3n) is 11.1. The van der Waals surface area contributed by atoms with Gasteiger partial charge in [0.05, 0.1) is 6.04 Å². The molecule has 0 aromatic carbocycles. The Morgan fingerprint density at radius 1 is 0.452 bits per heavy atom. The first kappa shape index (κ1) is 66.4. The molecular weight excluding hydrogens is 955 g/mol. The van der Waals surface area contributed by atoms with Crippen molar-refractivity contribution in [1.82, 2.24) is 47.9 Å². The number of hydrogen-bond donors (Lipinski definition) is 15. The van der Waals surface area contributed by atoms with Crippen LogP contribution in [0.2, 0.25) is 0 Å². The molecular formula is C46H85N15O12. The molecule has 0 rings (SSSR count). The summed E-state index contributed by atoms with van der Waals surface area (Å²) in [7, 11) is 0. The molecule has 0 fully saturated rings. The van der Waals surface area contributed by atoms with Crippen LogP contribution in [0.15, 0.2) is 4.99 Å². The van der Waals surface area contributed by atoms with E-state index in [-0.39, 0.29) is 56.4 Å². The zero-order valence-electron chi connectivity index (χ0n) is 44.1. The van der Waals surface area contributed by atoms with Gasteiger partial charge in [-0.1, -0.05) is 48.0 Å². The van der Waals surface area contributed by atoms with Crippen LogP contribution in [0.3, 0.4) is 0 Å². The summed E-state index contributed by atoms with van der Waals surface area (Å²) in [4.78, 5) is 148. The molecule has 0 saturated carbocycles. The van der Waals surface area contributed by atoms with Gasteiger partial charge in [0.15, 0.2) is 5.96 Å². The maximum atomic E-state index is 14.0. The van der Waals surface area contributed by atoms with E-state index in [4.69, 9.17) is 28.7 Å². The van der Waals surface area contributed by atoms with Gasteiger partial charge >= 0.3 is 5.97 Å². The van der Waals surface area contributed by atoms with Crippen LogP contribution in [-0.4, -0.2) is 150 Å². The third-order valence-corrected chi connectivity index (χ3v) is 11.1. The van der Waals surface area contributed by atoms with Gasteiger partial charge < -0.3 is 81.6 Å². The number of unbranched alkanes of at least 4 members (excludes halogenated alkanes) is 1. The molecule has 27 heteroatoms. The fourth-order valence-electron chi connectivity index (χ4n) is 6.83. The van der Waals surface area contributed by atoms with E-state index in [1.165, 1.54) is 27.7 Å². The second-order valence-corrected chi connectivity index (χ2v) is 19.3. The summed E-state index contributed by atoms with van der Waals surface area (Å²) < 4.78 is 0. The largest absolute Gasteiger partial charge is 0.480 e. The normalized spacial score (nSPS) is 15.3. The second-order valence-electron chi connectivity index (χ2n) is 19.3. The number of primary amides is 1. The van der Waals surface area contributed by atoms with Crippen molar-refractivity contribution in [1.29, 1.82) is 0 Å². The third kappa shape index (κ3) is 27.1. The van der Waals surface area contributed by atoms with E-state index in [0.29, 0.717) is 25.8 Å². The van der Waals surface area contributed by atoms with Gasteiger partial charge in [0.2, 0.25) is 59.1 Å². The second kappa shape index (κ2) is 33.9. The van der Waals surface area contributed by atoms with Gasteiger partial charge in [-0.3, -0.25) is 57.7 Å². The molecule has 20 N–H and O–H groups in total. The Morgan fingerprint density at radius 2 is 0.849 bits per heavy atom. The van der Waals surface area contributed by atoms with Crippen molar-refractivity contribution < 1.29 is 57.8 Å². The summed E-state index contributed by atoms with van der Waals surface area (Å²) in [5.74, 6) is -10.2. The Morgan fingerprint density at radius 3 is 1.27 bits per heavy atom. The van der Waals surface area contributed by atoms with Crippen LogP contribution in [0.4, 0.5) is 0 Å². The number of aliphatic imine (C=N–C) groups is 1. The van der Waals surface area contributed by atoms with Gasteiger partial charge in [0.1, 0.15) is 54.4 Å². The average molecular weight is 1040 g/mol. The molecule has 416 valence electrons. The minimum atomic E-state index is -1.52. The fraction of sp³-hybridized carbons (Fsp3) is 0.739. The predicted octanol–water partition coefficient (Wildman–Crippen LogP) is -3.96. The van der Waals surface area contributed by atoms with Gasteiger partial charge in [0.25, 0.3) is 0 Å². The summed E-state index contributed by atoms with van der Waals surface area (Å²) in [5, 5.41) is 31.9. The molecule has 0 saturated heterocycles. The van der Waals surface area contributed by atoms with Crippen LogP contribution in [0.1, 0.15) is 127 Å². The van der Waals surface area contributed by atoms with E-state index in [1.54, 1.807) is 41.5 Å². The maximum Gasteiger partial charge on any atom is 0.325 e. The molecule has 0 aromatic heterocycles. The van der Waals surface area contributed by atoms with Crippen molar-refractivity contribution in [2.45, 2.75) is 187 Å². The number of carboxylic acids is 1. The lowest BCUT2D eigenvalue weighted by Crippen LogP contribution is -2.60. The summed E-state index contributed by atoms with van der Waals surface area (Å²) in [5.41, 5.74) is 27.8. The zero-order chi connectivity index (χ0) is 56.3. The number of carboxylic acid groups (broad SMARTS) is 1. The Hall–Kier alpha value is -6.64. The van der Waals surface area contributed by atoms with Crippen LogP contribution in [-0.2, 0) is 52.7 Å². The number of rotatable bonds is 35. The smallest absolute Gasteiger partial charge is 0.325 e. The highest BCUT2D eigenvalue weighted by Gasteiger charge is 2.34. The Balaban J connectivity index is 6.38. The topological polar surface area (TPSA) is 459 Å². The molecule has 27 nitrogen and oxygen atoms in total. The first-order chi connectivity index (χ1) is 33.9. The van der Waals surface area contributed by atoms with E-state index >= 15 is 0 Å². The number of nitrogens with one attached hydrogen (secondary N) is 9. The van der Waals surface area contributed by atoms with Crippen molar-refractivity contribution in [3.63, 3.8) is 0 Å². The molecule has 0 aliphatic carbocycles.